The SMILES string of the molecule is CC(C)[C@H](C)c1nc2n(c1CO)CCN(C(=O)OCc1ccccc1)C2. The third kappa shape index (κ3) is 3.75. The fourth-order valence-electron chi connectivity index (χ4n) is 3.23. The van der Waals surface area contributed by atoms with Gasteiger partial charge in [-0.15, -0.1) is 0 Å². The maximum atomic E-state index is 12.4. The fourth-order valence-corrected chi connectivity index (χ4v) is 3.23. The van der Waals surface area contributed by atoms with Crippen LogP contribution in [0.2, 0.25) is 0 Å². The number of carbonyl (C=O) groups is 1. The Morgan fingerprint density at radius 2 is 1.96 bits per heavy atom. The van der Waals surface area contributed by atoms with Gasteiger partial charge in [0.2, 0.25) is 0 Å². The topological polar surface area (TPSA) is 67.6 Å². The summed E-state index contributed by atoms with van der Waals surface area (Å²) < 4.78 is 7.48. The van der Waals surface area contributed by atoms with Gasteiger partial charge in [-0.3, -0.25) is 4.90 Å². The molecule has 0 unspecified atom stereocenters. The maximum Gasteiger partial charge on any atom is 0.410 e. The summed E-state index contributed by atoms with van der Waals surface area (Å²) in [7, 11) is 0. The van der Waals surface area contributed by atoms with Gasteiger partial charge in [0.25, 0.3) is 0 Å². The van der Waals surface area contributed by atoms with Crippen LogP contribution in [-0.4, -0.2) is 32.2 Å². The van der Waals surface area contributed by atoms with Gasteiger partial charge in [-0.2, -0.15) is 0 Å². The quantitative estimate of drug-likeness (QED) is 0.892. The van der Waals surface area contributed by atoms with Crippen molar-refractivity contribution in [2.75, 3.05) is 6.54 Å². The predicted octanol–water partition coefficient (Wildman–Crippen LogP) is 3.29. The Hall–Kier alpha value is -2.34. The first kappa shape index (κ1) is 18.5. The summed E-state index contributed by atoms with van der Waals surface area (Å²) in [5.41, 5.74) is 2.78. The summed E-state index contributed by atoms with van der Waals surface area (Å²) in [6.45, 7) is 8.26. The molecule has 1 aliphatic rings. The van der Waals surface area contributed by atoms with Crippen LogP contribution in [0.3, 0.4) is 0 Å². The van der Waals surface area contributed by atoms with E-state index >= 15 is 0 Å². The minimum absolute atomic E-state index is 0.0299. The molecule has 2 heterocycles. The molecular weight excluding hydrogens is 330 g/mol. The standard InChI is InChI=1S/C20H27N3O3/c1-14(2)15(3)19-17(12-24)23-10-9-22(11-18(23)21-19)20(25)26-13-16-7-5-4-6-8-16/h4-8,14-15,24H,9-13H2,1-3H3/t15-/m0/s1. The number of amides is 1. The maximum absolute atomic E-state index is 12.4. The number of imidazole rings is 1. The Labute approximate surface area is 154 Å². The molecule has 0 aliphatic carbocycles. The van der Waals surface area contributed by atoms with E-state index in [-0.39, 0.29) is 25.2 Å². The van der Waals surface area contributed by atoms with Crippen LogP contribution in [0.15, 0.2) is 30.3 Å². The smallest absolute Gasteiger partial charge is 0.410 e. The highest BCUT2D eigenvalue weighted by atomic mass is 16.6. The second-order valence-corrected chi connectivity index (χ2v) is 7.16. The van der Waals surface area contributed by atoms with Crippen molar-refractivity contribution in [3.63, 3.8) is 0 Å². The molecule has 140 valence electrons. The number of ether oxygens (including phenoxy) is 1. The molecule has 6 nitrogen and oxygen atoms in total. The minimum Gasteiger partial charge on any atom is -0.445 e. The van der Waals surface area contributed by atoms with E-state index in [1.54, 1.807) is 4.90 Å². The van der Waals surface area contributed by atoms with Crippen molar-refractivity contribution in [1.82, 2.24) is 14.5 Å². The first-order valence-corrected chi connectivity index (χ1v) is 9.16. The summed E-state index contributed by atoms with van der Waals surface area (Å²) in [5, 5.41) is 9.81. The Balaban J connectivity index is 1.70. The number of carbonyl (C=O) groups excluding carboxylic acids is 1. The number of aliphatic hydroxyl groups excluding tert-OH is 1. The monoisotopic (exact) mass is 357 g/mol. The lowest BCUT2D eigenvalue weighted by Crippen LogP contribution is -2.39. The van der Waals surface area contributed by atoms with Gasteiger partial charge in [0.1, 0.15) is 12.4 Å². The second-order valence-electron chi connectivity index (χ2n) is 7.16. The molecule has 3 rings (SSSR count). The van der Waals surface area contributed by atoms with E-state index in [9.17, 15) is 9.90 Å². The van der Waals surface area contributed by atoms with Crippen molar-refractivity contribution in [3.05, 3.63) is 53.1 Å². The van der Waals surface area contributed by atoms with E-state index in [1.807, 2.05) is 30.3 Å². The number of aromatic nitrogens is 2. The zero-order valence-corrected chi connectivity index (χ0v) is 15.7. The number of hydrogen-bond donors (Lipinski definition) is 1. The lowest BCUT2D eigenvalue weighted by Gasteiger charge is -2.27. The summed E-state index contributed by atoms with van der Waals surface area (Å²) >= 11 is 0. The summed E-state index contributed by atoms with van der Waals surface area (Å²) in [5.74, 6) is 1.51. The molecule has 1 aliphatic heterocycles. The molecule has 0 fully saturated rings. The van der Waals surface area contributed by atoms with Crippen LogP contribution in [0, 0.1) is 5.92 Å². The summed E-state index contributed by atoms with van der Waals surface area (Å²) in [4.78, 5) is 18.8. The molecule has 6 heteroatoms. The van der Waals surface area contributed by atoms with E-state index in [4.69, 9.17) is 9.72 Å². The normalized spacial score (nSPS) is 15.0. The van der Waals surface area contributed by atoms with Gasteiger partial charge in [0.15, 0.2) is 0 Å². The molecule has 1 N–H and O–H groups in total. The van der Waals surface area contributed by atoms with Crippen molar-refractivity contribution >= 4 is 6.09 Å². The predicted molar refractivity (Wildman–Crippen MR) is 98.4 cm³/mol. The third-order valence-corrected chi connectivity index (χ3v) is 5.15. The van der Waals surface area contributed by atoms with Gasteiger partial charge >= 0.3 is 6.09 Å². The minimum atomic E-state index is -0.327. The van der Waals surface area contributed by atoms with Gasteiger partial charge in [-0.25, -0.2) is 9.78 Å². The molecule has 0 radical (unpaired) electrons. The lowest BCUT2D eigenvalue weighted by atomic mass is 9.93. The first-order chi connectivity index (χ1) is 12.5. The third-order valence-electron chi connectivity index (χ3n) is 5.15. The molecule has 1 aromatic heterocycles. The van der Waals surface area contributed by atoms with Crippen molar-refractivity contribution < 1.29 is 14.6 Å². The van der Waals surface area contributed by atoms with Crippen molar-refractivity contribution in [2.45, 2.75) is 53.0 Å². The van der Waals surface area contributed by atoms with Crippen LogP contribution >= 0.6 is 0 Å². The Bertz CT molecular complexity index is 755. The summed E-state index contributed by atoms with van der Waals surface area (Å²) in [6, 6.07) is 9.65. The van der Waals surface area contributed by atoms with Crippen LogP contribution < -0.4 is 0 Å². The van der Waals surface area contributed by atoms with Gasteiger partial charge in [0, 0.05) is 19.0 Å². The van der Waals surface area contributed by atoms with Crippen molar-refractivity contribution in [2.24, 2.45) is 5.92 Å². The summed E-state index contributed by atoms with van der Waals surface area (Å²) in [6.07, 6.45) is -0.327. The zero-order valence-electron chi connectivity index (χ0n) is 15.7. The van der Waals surface area contributed by atoms with E-state index in [1.165, 1.54) is 0 Å². The molecule has 0 saturated heterocycles. The van der Waals surface area contributed by atoms with E-state index in [2.05, 4.69) is 25.3 Å². The van der Waals surface area contributed by atoms with Crippen molar-refractivity contribution in [3.8, 4) is 0 Å². The van der Waals surface area contributed by atoms with Gasteiger partial charge in [0.05, 0.1) is 24.5 Å². The number of aliphatic hydroxyl groups is 1. The first-order valence-electron chi connectivity index (χ1n) is 9.16. The Kier molecular flexibility index (Phi) is 5.61. The highest BCUT2D eigenvalue weighted by Crippen LogP contribution is 2.29. The highest BCUT2D eigenvalue weighted by molar-refractivity contribution is 5.67. The lowest BCUT2D eigenvalue weighted by molar-refractivity contribution is 0.0856. The van der Waals surface area contributed by atoms with Crippen molar-refractivity contribution in [1.29, 1.82) is 0 Å². The van der Waals surface area contributed by atoms with Crippen LogP contribution in [0.1, 0.15) is 49.5 Å². The Morgan fingerprint density at radius 3 is 2.62 bits per heavy atom. The average molecular weight is 357 g/mol. The molecule has 2 aromatic rings. The van der Waals surface area contributed by atoms with E-state index in [0.29, 0.717) is 25.6 Å². The molecule has 1 amide bonds. The second kappa shape index (κ2) is 7.91. The molecule has 0 bridgehead atoms. The van der Waals surface area contributed by atoms with Crippen LogP contribution in [-0.2, 0) is 31.0 Å². The van der Waals surface area contributed by atoms with E-state index in [0.717, 1.165) is 22.8 Å². The number of rotatable bonds is 5. The zero-order chi connectivity index (χ0) is 18.7. The number of benzene rings is 1. The molecular formula is C20H27N3O3. The molecule has 1 atom stereocenters. The van der Waals surface area contributed by atoms with E-state index < -0.39 is 0 Å². The molecule has 1 aromatic carbocycles. The number of hydrogen-bond acceptors (Lipinski definition) is 4. The van der Waals surface area contributed by atoms with Gasteiger partial charge < -0.3 is 14.4 Å². The van der Waals surface area contributed by atoms with Crippen LogP contribution in [0.5, 0.6) is 0 Å². The largest absolute Gasteiger partial charge is 0.445 e. The number of nitrogens with zero attached hydrogens (tertiary/aromatic N) is 3. The molecule has 26 heavy (non-hydrogen) atoms. The van der Waals surface area contributed by atoms with Gasteiger partial charge in [-0.05, 0) is 11.5 Å². The van der Waals surface area contributed by atoms with Crippen LogP contribution in [0.25, 0.3) is 0 Å². The average Bonchev–Trinajstić information content (AvgIpc) is 3.03. The van der Waals surface area contributed by atoms with Gasteiger partial charge in [-0.1, -0.05) is 51.1 Å². The molecule has 0 saturated carbocycles. The van der Waals surface area contributed by atoms with Crippen LogP contribution in [0.4, 0.5) is 4.79 Å². The molecule has 0 spiro atoms. The number of fused-ring (bicyclic) bond motifs is 1. The Morgan fingerprint density at radius 1 is 1.23 bits per heavy atom. The highest BCUT2D eigenvalue weighted by Gasteiger charge is 2.28. The fraction of sp³-hybridized carbons (Fsp3) is 0.500.